The predicted octanol–water partition coefficient (Wildman–Crippen LogP) is 4.02. The summed E-state index contributed by atoms with van der Waals surface area (Å²) in [7, 11) is 0. The van der Waals surface area contributed by atoms with E-state index in [1.807, 2.05) is 28.1 Å². The van der Waals surface area contributed by atoms with Crippen molar-refractivity contribution in [3.05, 3.63) is 56.7 Å². The first-order valence-electron chi connectivity index (χ1n) is 7.53. The van der Waals surface area contributed by atoms with E-state index in [9.17, 15) is 27.5 Å². The molecular weight excluding hydrogens is 483 g/mol. The highest BCUT2D eigenvalue weighted by Crippen LogP contribution is 2.30. The van der Waals surface area contributed by atoms with Gasteiger partial charge < -0.3 is 10.4 Å². The Balaban J connectivity index is 2.37. The molecular formula is C17H15F4IN2O3. The van der Waals surface area contributed by atoms with Crippen LogP contribution in [0, 0.1) is 26.8 Å². The van der Waals surface area contributed by atoms with E-state index in [2.05, 4.69) is 5.32 Å². The summed E-state index contributed by atoms with van der Waals surface area (Å²) in [6.07, 6.45) is 0. The molecule has 0 fully saturated rings. The summed E-state index contributed by atoms with van der Waals surface area (Å²) in [5, 5.41) is 11.8. The third kappa shape index (κ3) is 5.53. The van der Waals surface area contributed by atoms with Crippen LogP contribution >= 0.6 is 22.6 Å². The molecule has 2 aromatic rings. The van der Waals surface area contributed by atoms with E-state index in [4.69, 9.17) is 4.84 Å². The molecule has 0 spiro atoms. The summed E-state index contributed by atoms with van der Waals surface area (Å²) in [6.45, 7) is 2.49. The third-order valence-electron chi connectivity index (χ3n) is 3.19. The van der Waals surface area contributed by atoms with Crippen molar-refractivity contribution in [2.75, 3.05) is 11.9 Å². The molecule has 3 N–H and O–H groups in total. The van der Waals surface area contributed by atoms with Gasteiger partial charge in [-0.3, -0.25) is 9.63 Å². The minimum absolute atomic E-state index is 0.244. The van der Waals surface area contributed by atoms with E-state index >= 15 is 0 Å². The van der Waals surface area contributed by atoms with Crippen LogP contribution in [-0.2, 0) is 4.84 Å². The minimum atomic E-state index is -1.82. The van der Waals surface area contributed by atoms with Gasteiger partial charge in [-0.2, -0.15) is 0 Å². The Labute approximate surface area is 165 Å². The maximum Gasteiger partial charge on any atom is 0.277 e. The van der Waals surface area contributed by atoms with Gasteiger partial charge in [0.2, 0.25) is 0 Å². The lowest BCUT2D eigenvalue weighted by Crippen LogP contribution is -2.33. The Morgan fingerprint density at radius 3 is 2.41 bits per heavy atom. The molecule has 0 heterocycles. The number of halogens is 5. The number of hydrogen-bond acceptors (Lipinski definition) is 4. The Kier molecular flexibility index (Phi) is 6.65. The molecule has 0 atom stereocenters. The second-order valence-corrected chi connectivity index (χ2v) is 7.44. The molecule has 0 unspecified atom stereocenters. The third-order valence-corrected chi connectivity index (χ3v) is 3.86. The molecule has 2 rings (SSSR count). The first-order chi connectivity index (χ1) is 12.5. The Morgan fingerprint density at radius 1 is 1.15 bits per heavy atom. The van der Waals surface area contributed by atoms with Crippen LogP contribution in [0.3, 0.4) is 0 Å². The summed E-state index contributed by atoms with van der Waals surface area (Å²) in [5.41, 5.74) is -1.05. The summed E-state index contributed by atoms with van der Waals surface area (Å²) in [5.74, 6) is -7.02. The van der Waals surface area contributed by atoms with Gasteiger partial charge in [-0.05, 0) is 60.7 Å². The van der Waals surface area contributed by atoms with Gasteiger partial charge >= 0.3 is 0 Å². The number of carbonyl (C=O) groups is 1. The average Bonchev–Trinajstić information content (AvgIpc) is 2.55. The van der Waals surface area contributed by atoms with Crippen LogP contribution in [0.25, 0.3) is 0 Å². The zero-order valence-corrected chi connectivity index (χ0v) is 16.3. The minimum Gasteiger partial charge on any atom is -0.388 e. The summed E-state index contributed by atoms with van der Waals surface area (Å²) in [6, 6.07) is 4.33. The summed E-state index contributed by atoms with van der Waals surface area (Å²) in [4.78, 5) is 17.0. The summed E-state index contributed by atoms with van der Waals surface area (Å²) >= 11 is 1.86. The lowest BCUT2D eigenvalue weighted by Gasteiger charge is -2.18. The van der Waals surface area contributed by atoms with Crippen molar-refractivity contribution >= 4 is 39.9 Å². The van der Waals surface area contributed by atoms with Gasteiger partial charge in [0.25, 0.3) is 5.91 Å². The second kappa shape index (κ2) is 8.40. The number of rotatable bonds is 6. The Morgan fingerprint density at radius 2 is 1.81 bits per heavy atom. The Bertz CT molecular complexity index is 872. The van der Waals surface area contributed by atoms with Crippen molar-refractivity contribution in [2.24, 2.45) is 0 Å². The Hall–Kier alpha value is -1.92. The van der Waals surface area contributed by atoms with Crippen molar-refractivity contribution in [1.82, 2.24) is 5.48 Å². The van der Waals surface area contributed by atoms with Gasteiger partial charge in [-0.15, -0.1) is 0 Å². The predicted molar refractivity (Wildman–Crippen MR) is 98.4 cm³/mol. The second-order valence-electron chi connectivity index (χ2n) is 6.19. The number of anilines is 2. The molecule has 5 nitrogen and oxygen atoms in total. The van der Waals surface area contributed by atoms with Gasteiger partial charge in [0, 0.05) is 3.57 Å². The van der Waals surface area contributed by atoms with Crippen molar-refractivity contribution < 1.29 is 32.3 Å². The fraction of sp³-hybridized carbons (Fsp3) is 0.235. The monoisotopic (exact) mass is 498 g/mol. The van der Waals surface area contributed by atoms with E-state index in [0.29, 0.717) is 9.64 Å². The number of carbonyl (C=O) groups excluding carboxylic acids is 1. The molecule has 146 valence electrons. The van der Waals surface area contributed by atoms with Gasteiger partial charge in [0.1, 0.15) is 12.4 Å². The van der Waals surface area contributed by atoms with Crippen LogP contribution in [-0.4, -0.2) is 23.2 Å². The van der Waals surface area contributed by atoms with Crippen LogP contribution in [0.1, 0.15) is 24.2 Å². The van der Waals surface area contributed by atoms with E-state index in [1.54, 1.807) is 0 Å². The van der Waals surface area contributed by atoms with Gasteiger partial charge in [0.15, 0.2) is 17.5 Å². The molecule has 0 saturated heterocycles. The van der Waals surface area contributed by atoms with Crippen LogP contribution in [0.15, 0.2) is 24.3 Å². The van der Waals surface area contributed by atoms with Crippen molar-refractivity contribution in [3.63, 3.8) is 0 Å². The zero-order valence-electron chi connectivity index (χ0n) is 14.2. The lowest BCUT2D eigenvalue weighted by atomic mass is 10.1. The average molecular weight is 498 g/mol. The molecule has 2 aromatic carbocycles. The number of amides is 1. The van der Waals surface area contributed by atoms with Crippen molar-refractivity contribution in [2.45, 2.75) is 19.4 Å². The molecule has 0 aliphatic carbocycles. The maximum absolute atomic E-state index is 14.2. The molecule has 0 radical (unpaired) electrons. The lowest BCUT2D eigenvalue weighted by molar-refractivity contribution is -0.0522. The van der Waals surface area contributed by atoms with Crippen molar-refractivity contribution in [3.8, 4) is 0 Å². The molecule has 10 heteroatoms. The number of benzene rings is 2. The number of nitrogens with one attached hydrogen (secondary N) is 2. The van der Waals surface area contributed by atoms with Gasteiger partial charge in [-0.25, -0.2) is 23.0 Å². The molecule has 0 aliphatic rings. The van der Waals surface area contributed by atoms with Crippen molar-refractivity contribution in [1.29, 1.82) is 0 Å². The summed E-state index contributed by atoms with van der Waals surface area (Å²) < 4.78 is 56.0. The fourth-order valence-corrected chi connectivity index (χ4v) is 2.41. The number of hydroxylamine groups is 1. The molecule has 0 aromatic heterocycles. The van der Waals surface area contributed by atoms with E-state index in [1.165, 1.54) is 26.0 Å². The van der Waals surface area contributed by atoms with E-state index < -0.39 is 46.0 Å². The SMILES string of the molecule is CC(C)(O)CONC(=O)c1cc(F)c(F)c(F)c1Nc1ccc(I)cc1F. The van der Waals surface area contributed by atoms with Crippen LogP contribution in [0.2, 0.25) is 0 Å². The smallest absolute Gasteiger partial charge is 0.277 e. The largest absolute Gasteiger partial charge is 0.388 e. The number of aliphatic hydroxyl groups is 1. The molecule has 0 aliphatic heterocycles. The van der Waals surface area contributed by atoms with Gasteiger partial charge in [-0.1, -0.05) is 0 Å². The molecule has 27 heavy (non-hydrogen) atoms. The highest BCUT2D eigenvalue weighted by Gasteiger charge is 2.24. The highest BCUT2D eigenvalue weighted by atomic mass is 127. The maximum atomic E-state index is 14.2. The van der Waals surface area contributed by atoms with E-state index in [-0.39, 0.29) is 12.3 Å². The van der Waals surface area contributed by atoms with E-state index in [0.717, 1.165) is 6.07 Å². The van der Waals surface area contributed by atoms with Crippen LogP contribution < -0.4 is 10.8 Å². The standard InChI is InChI=1S/C17H15F4IN2O3/c1-17(2,26)7-27-24-16(25)9-6-11(19)13(20)14(21)15(9)23-12-4-3-8(22)5-10(12)18/h3-6,23,26H,7H2,1-2H3,(H,24,25). The number of hydrogen-bond donors (Lipinski definition) is 3. The van der Waals surface area contributed by atoms with Gasteiger partial charge in [0.05, 0.1) is 22.5 Å². The molecule has 0 bridgehead atoms. The quantitative estimate of drug-likeness (QED) is 0.244. The van der Waals surface area contributed by atoms with Crippen LogP contribution in [0.4, 0.5) is 28.9 Å². The topological polar surface area (TPSA) is 70.6 Å². The zero-order chi connectivity index (χ0) is 20.4. The normalized spacial score (nSPS) is 11.4. The molecule has 1 amide bonds. The fourth-order valence-electron chi connectivity index (χ4n) is 1.96. The highest BCUT2D eigenvalue weighted by molar-refractivity contribution is 14.1. The first kappa shape index (κ1) is 21.4. The first-order valence-corrected chi connectivity index (χ1v) is 8.61. The van der Waals surface area contributed by atoms with Crippen LogP contribution in [0.5, 0.6) is 0 Å². The molecule has 0 saturated carbocycles.